The van der Waals surface area contributed by atoms with Gasteiger partial charge in [-0.3, -0.25) is 0 Å². The van der Waals surface area contributed by atoms with Gasteiger partial charge >= 0.3 is 0 Å². The smallest absolute Gasteiger partial charge is 0.0145 e. The first-order valence-corrected chi connectivity index (χ1v) is 5.23. The van der Waals surface area contributed by atoms with E-state index < -0.39 is 0 Å². The number of hydrogen-bond donors (Lipinski definition) is 0. The van der Waals surface area contributed by atoms with Gasteiger partial charge in [0.05, 0.1) is 0 Å². The van der Waals surface area contributed by atoms with Crippen LogP contribution in [0, 0.1) is 11.3 Å². The van der Waals surface area contributed by atoms with E-state index in [0.29, 0.717) is 5.41 Å². The van der Waals surface area contributed by atoms with E-state index in [1.165, 1.54) is 25.7 Å². The lowest BCUT2D eigenvalue weighted by Gasteiger charge is -2.28. The van der Waals surface area contributed by atoms with Gasteiger partial charge in [0.15, 0.2) is 0 Å². The van der Waals surface area contributed by atoms with Crippen molar-refractivity contribution in [2.75, 3.05) is 0 Å². The van der Waals surface area contributed by atoms with Crippen LogP contribution in [0.3, 0.4) is 0 Å². The number of rotatable bonds is 1. The summed E-state index contributed by atoms with van der Waals surface area (Å²) >= 11 is 0. The SMILES string of the molecule is CCC1CCC=C(C)C(C)(C)C1. The first-order valence-electron chi connectivity index (χ1n) is 5.23. The van der Waals surface area contributed by atoms with Crippen LogP contribution in [0.1, 0.15) is 53.4 Å². The molecule has 0 aromatic heterocycles. The molecule has 0 heteroatoms. The maximum atomic E-state index is 2.44. The van der Waals surface area contributed by atoms with E-state index in [2.05, 4.69) is 33.8 Å². The lowest BCUT2D eigenvalue weighted by molar-refractivity contribution is 0.308. The molecule has 1 aliphatic carbocycles. The summed E-state index contributed by atoms with van der Waals surface area (Å²) in [5.74, 6) is 0.952. The largest absolute Gasteiger partial charge is 0.0851 e. The average Bonchev–Trinajstić information content (AvgIpc) is 2.12. The van der Waals surface area contributed by atoms with E-state index in [4.69, 9.17) is 0 Å². The molecule has 0 bridgehead atoms. The van der Waals surface area contributed by atoms with Crippen molar-refractivity contribution in [3.05, 3.63) is 11.6 Å². The lowest BCUT2D eigenvalue weighted by atomic mass is 9.78. The minimum Gasteiger partial charge on any atom is -0.0851 e. The minimum absolute atomic E-state index is 0.456. The van der Waals surface area contributed by atoms with Crippen molar-refractivity contribution in [1.82, 2.24) is 0 Å². The van der Waals surface area contributed by atoms with E-state index in [-0.39, 0.29) is 0 Å². The normalized spacial score (nSPS) is 29.3. The van der Waals surface area contributed by atoms with Crippen LogP contribution in [0.2, 0.25) is 0 Å². The molecule has 0 aromatic carbocycles. The van der Waals surface area contributed by atoms with Crippen LogP contribution in [-0.2, 0) is 0 Å². The van der Waals surface area contributed by atoms with Gasteiger partial charge in [-0.2, -0.15) is 0 Å². The Labute approximate surface area is 77.1 Å². The van der Waals surface area contributed by atoms with Crippen LogP contribution in [0.15, 0.2) is 11.6 Å². The minimum atomic E-state index is 0.456. The molecule has 1 aliphatic rings. The van der Waals surface area contributed by atoms with Gasteiger partial charge in [-0.15, -0.1) is 0 Å². The summed E-state index contributed by atoms with van der Waals surface area (Å²) in [4.78, 5) is 0. The Balaban J connectivity index is 2.70. The summed E-state index contributed by atoms with van der Waals surface area (Å²) in [6.07, 6.45) is 7.87. The van der Waals surface area contributed by atoms with Gasteiger partial charge in [0.25, 0.3) is 0 Å². The third-order valence-corrected chi connectivity index (χ3v) is 3.47. The van der Waals surface area contributed by atoms with E-state index in [1.807, 2.05) is 0 Å². The fraction of sp³-hybridized carbons (Fsp3) is 0.833. The highest BCUT2D eigenvalue weighted by molar-refractivity contribution is 5.11. The summed E-state index contributed by atoms with van der Waals surface area (Å²) in [5, 5.41) is 0. The van der Waals surface area contributed by atoms with Crippen LogP contribution in [0.4, 0.5) is 0 Å². The highest BCUT2D eigenvalue weighted by Crippen LogP contribution is 2.38. The van der Waals surface area contributed by atoms with Crippen molar-refractivity contribution in [2.24, 2.45) is 11.3 Å². The maximum absolute atomic E-state index is 2.44. The second kappa shape index (κ2) is 3.64. The van der Waals surface area contributed by atoms with E-state index in [1.54, 1.807) is 5.57 Å². The zero-order chi connectivity index (χ0) is 9.19. The molecule has 0 spiro atoms. The topological polar surface area (TPSA) is 0 Å². The molecule has 0 N–H and O–H groups in total. The molecule has 0 saturated heterocycles. The molecular formula is C12H22. The Bertz CT molecular complexity index is 174. The molecule has 0 heterocycles. The van der Waals surface area contributed by atoms with Crippen molar-refractivity contribution in [2.45, 2.75) is 53.4 Å². The van der Waals surface area contributed by atoms with Crippen molar-refractivity contribution < 1.29 is 0 Å². The number of allylic oxidation sites excluding steroid dienone is 2. The number of hydrogen-bond acceptors (Lipinski definition) is 0. The molecule has 1 atom stereocenters. The molecule has 0 nitrogen and oxygen atoms in total. The summed E-state index contributed by atoms with van der Waals surface area (Å²) < 4.78 is 0. The summed E-state index contributed by atoms with van der Waals surface area (Å²) in [5.41, 5.74) is 2.05. The Hall–Kier alpha value is -0.260. The van der Waals surface area contributed by atoms with Crippen molar-refractivity contribution >= 4 is 0 Å². The fourth-order valence-electron chi connectivity index (χ4n) is 2.15. The first kappa shape index (κ1) is 9.83. The molecule has 0 amide bonds. The maximum Gasteiger partial charge on any atom is -0.0145 e. The van der Waals surface area contributed by atoms with E-state index in [0.717, 1.165) is 5.92 Å². The first-order chi connectivity index (χ1) is 5.56. The van der Waals surface area contributed by atoms with Crippen LogP contribution < -0.4 is 0 Å². The molecule has 0 radical (unpaired) electrons. The van der Waals surface area contributed by atoms with Crippen LogP contribution >= 0.6 is 0 Å². The third-order valence-electron chi connectivity index (χ3n) is 3.47. The van der Waals surface area contributed by atoms with Gasteiger partial charge in [-0.1, -0.05) is 38.8 Å². The Morgan fingerprint density at radius 1 is 1.50 bits per heavy atom. The molecule has 0 aliphatic heterocycles. The molecule has 0 aromatic rings. The molecule has 1 rings (SSSR count). The van der Waals surface area contributed by atoms with E-state index in [9.17, 15) is 0 Å². The summed E-state index contributed by atoms with van der Waals surface area (Å²) in [7, 11) is 0. The monoisotopic (exact) mass is 166 g/mol. The molecule has 12 heavy (non-hydrogen) atoms. The van der Waals surface area contributed by atoms with Gasteiger partial charge in [-0.25, -0.2) is 0 Å². The van der Waals surface area contributed by atoms with E-state index >= 15 is 0 Å². The predicted octanol–water partition coefficient (Wildman–Crippen LogP) is 4.17. The Morgan fingerprint density at radius 2 is 2.17 bits per heavy atom. The molecule has 70 valence electrons. The van der Waals surface area contributed by atoms with Crippen LogP contribution in [0.5, 0.6) is 0 Å². The Morgan fingerprint density at radius 3 is 2.75 bits per heavy atom. The van der Waals surface area contributed by atoms with Gasteiger partial charge in [0.2, 0.25) is 0 Å². The predicted molar refractivity (Wildman–Crippen MR) is 55.2 cm³/mol. The second-order valence-electron chi connectivity index (χ2n) is 4.83. The lowest BCUT2D eigenvalue weighted by Crippen LogP contribution is -2.16. The fourth-order valence-corrected chi connectivity index (χ4v) is 2.15. The van der Waals surface area contributed by atoms with Crippen LogP contribution in [0.25, 0.3) is 0 Å². The Kier molecular flexibility index (Phi) is 2.98. The van der Waals surface area contributed by atoms with Gasteiger partial charge < -0.3 is 0 Å². The highest BCUT2D eigenvalue weighted by atomic mass is 14.3. The molecule has 0 fully saturated rings. The standard InChI is InChI=1S/C12H22/c1-5-11-8-6-7-10(2)12(3,4)9-11/h7,11H,5-6,8-9H2,1-4H3. The molecule has 0 saturated carbocycles. The quantitative estimate of drug-likeness (QED) is 0.513. The highest BCUT2D eigenvalue weighted by Gasteiger charge is 2.25. The summed E-state index contributed by atoms with van der Waals surface area (Å²) in [6, 6.07) is 0. The van der Waals surface area contributed by atoms with Crippen molar-refractivity contribution in [3.8, 4) is 0 Å². The van der Waals surface area contributed by atoms with Gasteiger partial charge in [-0.05, 0) is 37.5 Å². The van der Waals surface area contributed by atoms with Crippen LogP contribution in [-0.4, -0.2) is 0 Å². The van der Waals surface area contributed by atoms with Gasteiger partial charge in [0, 0.05) is 0 Å². The van der Waals surface area contributed by atoms with Crippen molar-refractivity contribution in [3.63, 3.8) is 0 Å². The average molecular weight is 166 g/mol. The molecule has 1 unspecified atom stereocenters. The van der Waals surface area contributed by atoms with Gasteiger partial charge in [0.1, 0.15) is 0 Å². The molecular weight excluding hydrogens is 144 g/mol. The zero-order valence-corrected chi connectivity index (χ0v) is 8.98. The van der Waals surface area contributed by atoms with Crippen molar-refractivity contribution in [1.29, 1.82) is 0 Å². The zero-order valence-electron chi connectivity index (χ0n) is 8.98. The summed E-state index contributed by atoms with van der Waals surface area (Å²) in [6.45, 7) is 9.37. The second-order valence-corrected chi connectivity index (χ2v) is 4.83. The third kappa shape index (κ3) is 2.12.